The molecule has 3 N–H and O–H groups in total. The third-order valence-corrected chi connectivity index (χ3v) is 7.89. The molecule has 0 unspecified atom stereocenters. The van der Waals surface area contributed by atoms with E-state index in [0.29, 0.717) is 6.42 Å². The van der Waals surface area contributed by atoms with Gasteiger partial charge < -0.3 is 25.1 Å². The molecule has 2 aliphatic heterocycles. The summed E-state index contributed by atoms with van der Waals surface area (Å²) in [5.41, 5.74) is -1.05. The quantitative estimate of drug-likeness (QED) is 0.218. The Balaban J connectivity index is 1.35. The number of unbranched alkanes of at least 4 members (excludes halogenated alkanes) is 1. The maximum Gasteiger partial charge on any atom is 0.469 e. The second kappa shape index (κ2) is 10.6. The Bertz CT molecular complexity index is 1260. The minimum atomic E-state index is -5.33. The first-order chi connectivity index (χ1) is 17.4. The van der Waals surface area contributed by atoms with Gasteiger partial charge in [-0.1, -0.05) is 24.1 Å². The summed E-state index contributed by atoms with van der Waals surface area (Å²) < 4.78 is 74.0. The smallest absolute Gasteiger partial charge is 0.394 e. The predicted molar refractivity (Wildman–Crippen MR) is 127 cm³/mol. The number of rotatable bonds is 10. The summed E-state index contributed by atoms with van der Waals surface area (Å²) in [4.78, 5) is 36.1. The van der Waals surface area contributed by atoms with Crippen molar-refractivity contribution in [1.82, 2.24) is 10.6 Å². The minimum absolute atomic E-state index is 0.0831. The van der Waals surface area contributed by atoms with Gasteiger partial charge >= 0.3 is 29.6 Å². The molecule has 0 bridgehead atoms. The van der Waals surface area contributed by atoms with Crippen LogP contribution < -0.4 is 26.3 Å². The van der Waals surface area contributed by atoms with Crippen LogP contribution in [0.1, 0.15) is 25.7 Å². The van der Waals surface area contributed by atoms with Crippen molar-refractivity contribution in [3.05, 3.63) is 33.6 Å². The highest BCUT2D eigenvalue weighted by molar-refractivity contribution is 8.00. The molecule has 37 heavy (non-hydrogen) atoms. The van der Waals surface area contributed by atoms with Gasteiger partial charge in [-0.2, -0.15) is 29.3 Å². The number of amides is 3. The first kappa shape index (κ1) is 27.3. The number of alkyl halides is 5. The molecule has 0 saturated carbocycles. The van der Waals surface area contributed by atoms with E-state index in [1.807, 2.05) is 0 Å². The van der Waals surface area contributed by atoms with E-state index in [1.54, 1.807) is 11.8 Å². The van der Waals surface area contributed by atoms with Crippen molar-refractivity contribution in [2.45, 2.75) is 55.0 Å². The number of fused-ring (bicyclic) bond motifs is 2. The summed E-state index contributed by atoms with van der Waals surface area (Å²) in [5, 5.41) is 7.56. The lowest BCUT2D eigenvalue weighted by Gasteiger charge is -2.23. The molecule has 2 saturated heterocycles. The van der Waals surface area contributed by atoms with Crippen molar-refractivity contribution >= 4 is 51.8 Å². The number of halogens is 6. The van der Waals surface area contributed by atoms with E-state index < -0.39 is 35.3 Å². The molecule has 1 aromatic heterocycles. The SMILES string of the molecule is O=C(CCCC[C@@H]1SC[C@@H]2NC(=O)N[C@@H]21)Nc1ccc2c(Cl)c(OC(F)(F)C(F)(F)CF)oc(=O)c2c1. The van der Waals surface area contributed by atoms with Crippen LogP contribution in [0.4, 0.5) is 32.4 Å². The van der Waals surface area contributed by atoms with Crippen LogP contribution in [0.3, 0.4) is 0 Å². The topological polar surface area (TPSA) is 110 Å². The van der Waals surface area contributed by atoms with E-state index in [4.69, 9.17) is 11.6 Å². The van der Waals surface area contributed by atoms with Crippen LogP contribution in [0.2, 0.25) is 5.02 Å². The highest BCUT2D eigenvalue weighted by Crippen LogP contribution is 2.40. The number of carbonyl (C=O) groups is 2. The molecule has 2 aliphatic rings. The van der Waals surface area contributed by atoms with Crippen molar-refractivity contribution in [2.75, 3.05) is 17.7 Å². The van der Waals surface area contributed by atoms with Gasteiger partial charge in [0.2, 0.25) is 5.91 Å². The zero-order valence-electron chi connectivity index (χ0n) is 18.9. The van der Waals surface area contributed by atoms with Gasteiger partial charge in [-0.25, -0.2) is 14.0 Å². The Morgan fingerprint density at radius 3 is 2.68 bits per heavy atom. The standard InChI is InChI=1S/C22H21ClF5N3O5S/c23-16-11-6-5-10(7-12(11)18(33)35-19(16)36-22(27,28)21(25,26)9-24)29-15(32)4-2-1-3-14-17-13(8-37-14)30-20(34)31-17/h5-7,13-14,17H,1-4,8-9H2,(H,29,32)(H2,30,31,34)/t13-,14-,17-/m0/s1. The van der Waals surface area contributed by atoms with Gasteiger partial charge in [0.25, 0.3) is 0 Å². The Kier molecular flexibility index (Phi) is 7.79. The number of urea groups is 1. The average molecular weight is 570 g/mol. The van der Waals surface area contributed by atoms with Crippen LogP contribution in [-0.2, 0) is 4.79 Å². The Labute approximate surface area is 215 Å². The first-order valence-electron chi connectivity index (χ1n) is 11.2. The normalized spacial score (nSPS) is 21.5. The second-order valence-electron chi connectivity index (χ2n) is 8.62. The molecule has 4 rings (SSSR count). The van der Waals surface area contributed by atoms with E-state index in [1.165, 1.54) is 18.2 Å². The van der Waals surface area contributed by atoms with Crippen molar-refractivity contribution in [2.24, 2.45) is 0 Å². The van der Waals surface area contributed by atoms with Crippen molar-refractivity contribution in [1.29, 1.82) is 0 Å². The molecular weight excluding hydrogens is 549 g/mol. The van der Waals surface area contributed by atoms with E-state index in [2.05, 4.69) is 25.1 Å². The van der Waals surface area contributed by atoms with E-state index in [0.717, 1.165) is 18.6 Å². The van der Waals surface area contributed by atoms with Gasteiger partial charge in [-0.15, -0.1) is 0 Å². The molecule has 202 valence electrons. The number of ether oxygens (including phenoxy) is 1. The van der Waals surface area contributed by atoms with Gasteiger partial charge in [-0.3, -0.25) is 4.79 Å². The Hall–Kier alpha value is -2.74. The molecular formula is C22H21ClF5N3O5S. The van der Waals surface area contributed by atoms with Crippen LogP contribution in [0.5, 0.6) is 5.95 Å². The molecule has 3 atom stereocenters. The lowest BCUT2D eigenvalue weighted by molar-refractivity contribution is -0.316. The number of anilines is 1. The maximum atomic E-state index is 13.6. The summed E-state index contributed by atoms with van der Waals surface area (Å²) in [6, 6.07) is 3.76. The number of hydrogen-bond donors (Lipinski definition) is 3. The van der Waals surface area contributed by atoms with E-state index in [-0.39, 0.29) is 52.2 Å². The largest absolute Gasteiger partial charge is 0.469 e. The number of thioether (sulfide) groups is 1. The van der Waals surface area contributed by atoms with Crippen molar-refractivity contribution < 1.29 is 40.7 Å². The molecule has 2 fully saturated rings. The summed E-state index contributed by atoms with van der Waals surface area (Å²) >= 11 is 7.68. The van der Waals surface area contributed by atoms with E-state index >= 15 is 0 Å². The van der Waals surface area contributed by atoms with Crippen LogP contribution in [-0.4, -0.2) is 53.7 Å². The monoisotopic (exact) mass is 569 g/mol. The fourth-order valence-electron chi connectivity index (χ4n) is 4.11. The molecule has 3 heterocycles. The highest BCUT2D eigenvalue weighted by atomic mass is 35.5. The minimum Gasteiger partial charge on any atom is -0.394 e. The van der Waals surface area contributed by atoms with Gasteiger partial charge in [0.05, 0.1) is 17.5 Å². The molecule has 3 amide bonds. The van der Waals surface area contributed by atoms with Crippen molar-refractivity contribution in [3.63, 3.8) is 0 Å². The highest BCUT2D eigenvalue weighted by Gasteiger charge is 2.60. The van der Waals surface area contributed by atoms with E-state index in [9.17, 15) is 36.3 Å². The first-order valence-corrected chi connectivity index (χ1v) is 12.6. The molecule has 0 radical (unpaired) electrons. The zero-order valence-corrected chi connectivity index (χ0v) is 20.5. The Morgan fingerprint density at radius 2 is 1.95 bits per heavy atom. The Morgan fingerprint density at radius 1 is 1.19 bits per heavy atom. The van der Waals surface area contributed by atoms with Gasteiger partial charge in [0, 0.05) is 28.5 Å². The van der Waals surface area contributed by atoms with Gasteiger partial charge in [-0.05, 0) is 25.0 Å². The number of carbonyl (C=O) groups excluding carboxylic acids is 2. The summed E-state index contributed by atoms with van der Waals surface area (Å²) in [6.45, 7) is -2.71. The van der Waals surface area contributed by atoms with Gasteiger partial charge in [0.15, 0.2) is 6.67 Å². The average Bonchev–Trinajstić information content (AvgIpc) is 3.39. The van der Waals surface area contributed by atoms with Crippen LogP contribution in [0.15, 0.2) is 27.4 Å². The van der Waals surface area contributed by atoms with Crippen LogP contribution in [0, 0.1) is 0 Å². The van der Waals surface area contributed by atoms with Crippen molar-refractivity contribution in [3.8, 4) is 5.95 Å². The molecule has 2 aromatic rings. The number of benzene rings is 1. The predicted octanol–water partition coefficient (Wildman–Crippen LogP) is 4.69. The molecule has 0 aliphatic carbocycles. The fraction of sp³-hybridized carbons (Fsp3) is 0.500. The lowest BCUT2D eigenvalue weighted by Crippen LogP contribution is -2.47. The zero-order chi connectivity index (χ0) is 27.0. The van der Waals surface area contributed by atoms with Gasteiger partial charge in [0.1, 0.15) is 5.02 Å². The number of hydrogen-bond acceptors (Lipinski definition) is 6. The molecule has 1 aromatic carbocycles. The fourth-order valence-corrected chi connectivity index (χ4v) is 5.89. The number of nitrogens with one attached hydrogen (secondary N) is 3. The lowest BCUT2D eigenvalue weighted by atomic mass is 10.0. The summed E-state index contributed by atoms with van der Waals surface area (Å²) in [6.07, 6.45) is -2.97. The molecule has 0 spiro atoms. The second-order valence-corrected chi connectivity index (χ2v) is 10.3. The molecule has 8 nitrogen and oxygen atoms in total. The van der Waals surface area contributed by atoms with Crippen LogP contribution >= 0.6 is 23.4 Å². The third-order valence-electron chi connectivity index (χ3n) is 6.02. The maximum absolute atomic E-state index is 13.6. The van der Waals surface area contributed by atoms with Crippen LogP contribution in [0.25, 0.3) is 10.8 Å². The third kappa shape index (κ3) is 5.74. The molecule has 15 heteroatoms. The summed E-state index contributed by atoms with van der Waals surface area (Å²) in [7, 11) is 0. The summed E-state index contributed by atoms with van der Waals surface area (Å²) in [5.74, 6) is -6.07.